The Morgan fingerprint density at radius 1 is 1.07 bits per heavy atom. The Labute approximate surface area is 171 Å². The Hall–Kier alpha value is -2.36. The third-order valence-electron chi connectivity index (χ3n) is 4.65. The SMILES string of the molecule is CN(C)S(=O)(=O)c1cccc(NC(=S)N2CCN(c3ccc(O)cc3)CC2)c1. The summed E-state index contributed by atoms with van der Waals surface area (Å²) in [6.07, 6.45) is 0. The number of hydrogen-bond donors (Lipinski definition) is 2. The largest absolute Gasteiger partial charge is 0.508 e. The van der Waals surface area contributed by atoms with E-state index in [1.54, 1.807) is 36.4 Å². The number of benzene rings is 2. The number of piperazine rings is 1. The average molecular weight is 421 g/mol. The van der Waals surface area contributed by atoms with Gasteiger partial charge in [-0.2, -0.15) is 0 Å². The summed E-state index contributed by atoms with van der Waals surface area (Å²) in [4.78, 5) is 4.53. The predicted octanol–water partition coefficient (Wildman–Crippen LogP) is 2.16. The van der Waals surface area contributed by atoms with E-state index in [1.807, 2.05) is 12.1 Å². The first-order valence-electron chi connectivity index (χ1n) is 8.90. The molecule has 0 amide bonds. The quantitative estimate of drug-likeness (QED) is 0.734. The highest BCUT2D eigenvalue weighted by molar-refractivity contribution is 7.89. The fraction of sp³-hybridized carbons (Fsp3) is 0.316. The van der Waals surface area contributed by atoms with Crippen molar-refractivity contribution in [3.05, 3.63) is 48.5 Å². The summed E-state index contributed by atoms with van der Waals surface area (Å²) in [7, 11) is -0.474. The molecule has 2 N–H and O–H groups in total. The molecule has 0 spiro atoms. The number of sulfonamides is 1. The van der Waals surface area contributed by atoms with Crippen LogP contribution in [0.3, 0.4) is 0 Å². The van der Waals surface area contributed by atoms with Gasteiger partial charge in [-0.05, 0) is 54.7 Å². The van der Waals surface area contributed by atoms with Crippen LogP contribution >= 0.6 is 12.2 Å². The maximum atomic E-state index is 12.3. The first-order valence-corrected chi connectivity index (χ1v) is 10.7. The number of phenolic OH excluding ortho intramolecular Hbond substituents is 1. The van der Waals surface area contributed by atoms with Crippen molar-refractivity contribution in [2.24, 2.45) is 0 Å². The molecule has 0 aromatic heterocycles. The van der Waals surface area contributed by atoms with Gasteiger partial charge in [-0.1, -0.05) is 6.07 Å². The summed E-state index contributed by atoms with van der Waals surface area (Å²) >= 11 is 5.52. The first kappa shape index (κ1) is 20.4. The van der Waals surface area contributed by atoms with Gasteiger partial charge in [0.1, 0.15) is 5.75 Å². The van der Waals surface area contributed by atoms with Gasteiger partial charge in [-0.3, -0.25) is 0 Å². The molecule has 1 aliphatic heterocycles. The van der Waals surface area contributed by atoms with Crippen LogP contribution in [0.1, 0.15) is 0 Å². The molecule has 1 aliphatic rings. The molecule has 1 heterocycles. The third-order valence-corrected chi connectivity index (χ3v) is 6.82. The summed E-state index contributed by atoms with van der Waals surface area (Å²) in [5.74, 6) is 0.256. The van der Waals surface area contributed by atoms with Gasteiger partial charge >= 0.3 is 0 Å². The van der Waals surface area contributed by atoms with Gasteiger partial charge in [0.15, 0.2) is 5.11 Å². The minimum atomic E-state index is -3.49. The van der Waals surface area contributed by atoms with E-state index in [0.29, 0.717) is 10.8 Å². The van der Waals surface area contributed by atoms with Gasteiger partial charge in [-0.15, -0.1) is 0 Å². The summed E-state index contributed by atoms with van der Waals surface area (Å²) in [6, 6.07) is 13.8. The smallest absolute Gasteiger partial charge is 0.242 e. The molecule has 0 atom stereocenters. The Morgan fingerprint density at radius 2 is 1.71 bits per heavy atom. The lowest BCUT2D eigenvalue weighted by atomic mass is 10.2. The van der Waals surface area contributed by atoms with Crippen LogP contribution in [0.2, 0.25) is 0 Å². The molecule has 9 heteroatoms. The second-order valence-corrected chi connectivity index (χ2v) is 9.27. The Morgan fingerprint density at radius 3 is 2.32 bits per heavy atom. The number of thiocarbonyl (C=S) groups is 1. The number of hydrogen-bond acceptors (Lipinski definition) is 5. The first-order chi connectivity index (χ1) is 13.3. The number of phenols is 1. The van der Waals surface area contributed by atoms with E-state index in [-0.39, 0.29) is 10.6 Å². The molecule has 2 aromatic rings. The fourth-order valence-electron chi connectivity index (χ4n) is 2.98. The van der Waals surface area contributed by atoms with Crippen molar-refractivity contribution in [1.82, 2.24) is 9.21 Å². The molecule has 7 nitrogen and oxygen atoms in total. The topological polar surface area (TPSA) is 76.1 Å². The van der Waals surface area contributed by atoms with Crippen LogP contribution < -0.4 is 10.2 Å². The fourth-order valence-corrected chi connectivity index (χ4v) is 4.23. The van der Waals surface area contributed by atoms with Gasteiger partial charge in [0, 0.05) is 51.6 Å². The second kappa shape index (κ2) is 8.34. The second-order valence-electron chi connectivity index (χ2n) is 6.74. The molecule has 0 aliphatic carbocycles. The lowest BCUT2D eigenvalue weighted by molar-refractivity contribution is 0.391. The monoisotopic (exact) mass is 420 g/mol. The van der Waals surface area contributed by atoms with Crippen LogP contribution in [0.25, 0.3) is 0 Å². The Kier molecular flexibility index (Phi) is 6.07. The van der Waals surface area contributed by atoms with E-state index in [1.165, 1.54) is 18.4 Å². The zero-order valence-electron chi connectivity index (χ0n) is 15.9. The van der Waals surface area contributed by atoms with Crippen molar-refractivity contribution >= 4 is 38.7 Å². The highest BCUT2D eigenvalue weighted by Crippen LogP contribution is 2.21. The van der Waals surface area contributed by atoms with Gasteiger partial charge in [0.2, 0.25) is 10.0 Å². The Balaban J connectivity index is 1.61. The number of nitrogens with one attached hydrogen (secondary N) is 1. The van der Waals surface area contributed by atoms with Gasteiger partial charge in [0.05, 0.1) is 4.90 Å². The molecule has 0 bridgehead atoms. The normalized spacial score (nSPS) is 15.0. The van der Waals surface area contributed by atoms with Gasteiger partial charge in [-0.25, -0.2) is 12.7 Å². The third kappa shape index (κ3) is 4.54. The Bertz CT molecular complexity index is 938. The molecular weight excluding hydrogens is 396 g/mol. The summed E-state index contributed by atoms with van der Waals surface area (Å²) in [5.41, 5.74) is 1.71. The van der Waals surface area contributed by atoms with Crippen LogP contribution in [-0.4, -0.2) is 68.1 Å². The molecule has 0 radical (unpaired) electrons. The van der Waals surface area contributed by atoms with Gasteiger partial charge < -0.3 is 20.2 Å². The van der Waals surface area contributed by atoms with Crippen LogP contribution in [-0.2, 0) is 10.0 Å². The molecule has 3 rings (SSSR count). The van der Waals surface area contributed by atoms with E-state index in [0.717, 1.165) is 31.9 Å². The number of aromatic hydroxyl groups is 1. The standard InChI is InChI=1S/C19H24N4O3S2/c1-21(2)28(25,26)18-5-3-4-15(14-18)20-19(27)23-12-10-22(11-13-23)16-6-8-17(24)9-7-16/h3-9,14,24H,10-13H2,1-2H3,(H,20,27). The summed E-state index contributed by atoms with van der Waals surface area (Å²) < 4.78 is 25.8. The molecule has 2 aromatic carbocycles. The minimum absolute atomic E-state index is 0.224. The van der Waals surface area contributed by atoms with E-state index in [4.69, 9.17) is 12.2 Å². The molecule has 0 saturated carbocycles. The van der Waals surface area contributed by atoms with Crippen LogP contribution in [0.4, 0.5) is 11.4 Å². The van der Waals surface area contributed by atoms with E-state index >= 15 is 0 Å². The number of rotatable bonds is 4. The summed E-state index contributed by atoms with van der Waals surface area (Å²) in [5, 5.41) is 13.1. The van der Waals surface area contributed by atoms with E-state index in [9.17, 15) is 13.5 Å². The van der Waals surface area contributed by atoms with Crippen molar-refractivity contribution in [3.8, 4) is 5.75 Å². The summed E-state index contributed by atoms with van der Waals surface area (Å²) in [6.45, 7) is 3.12. The highest BCUT2D eigenvalue weighted by Gasteiger charge is 2.21. The van der Waals surface area contributed by atoms with Crippen LogP contribution in [0.15, 0.2) is 53.4 Å². The molecule has 0 unspecified atom stereocenters. The van der Waals surface area contributed by atoms with Crippen LogP contribution in [0, 0.1) is 0 Å². The molecule has 1 fully saturated rings. The number of anilines is 2. The van der Waals surface area contributed by atoms with E-state index in [2.05, 4.69) is 15.1 Å². The predicted molar refractivity (Wildman–Crippen MR) is 115 cm³/mol. The van der Waals surface area contributed by atoms with Crippen molar-refractivity contribution in [1.29, 1.82) is 0 Å². The van der Waals surface area contributed by atoms with Crippen molar-refractivity contribution in [2.75, 3.05) is 50.5 Å². The lowest BCUT2D eigenvalue weighted by Crippen LogP contribution is -2.50. The average Bonchev–Trinajstić information content (AvgIpc) is 2.69. The van der Waals surface area contributed by atoms with Gasteiger partial charge in [0.25, 0.3) is 0 Å². The zero-order chi connectivity index (χ0) is 20.3. The van der Waals surface area contributed by atoms with E-state index < -0.39 is 10.0 Å². The van der Waals surface area contributed by atoms with Crippen molar-refractivity contribution in [3.63, 3.8) is 0 Å². The van der Waals surface area contributed by atoms with Crippen molar-refractivity contribution < 1.29 is 13.5 Å². The van der Waals surface area contributed by atoms with Crippen molar-refractivity contribution in [2.45, 2.75) is 4.90 Å². The maximum Gasteiger partial charge on any atom is 0.242 e. The molecule has 28 heavy (non-hydrogen) atoms. The molecular formula is C19H24N4O3S2. The molecule has 150 valence electrons. The molecule has 1 saturated heterocycles. The maximum absolute atomic E-state index is 12.3. The van der Waals surface area contributed by atoms with Crippen LogP contribution in [0.5, 0.6) is 5.75 Å². The highest BCUT2D eigenvalue weighted by atomic mass is 32.2. The lowest BCUT2D eigenvalue weighted by Gasteiger charge is -2.37. The number of nitrogens with zero attached hydrogens (tertiary/aromatic N) is 3. The minimum Gasteiger partial charge on any atom is -0.508 e. The zero-order valence-corrected chi connectivity index (χ0v) is 17.5.